The average Bonchev–Trinajstić information content (AvgIpc) is 2.51. The van der Waals surface area contributed by atoms with Crippen LogP contribution in [-0.4, -0.2) is 44.2 Å². The van der Waals surface area contributed by atoms with Crippen LogP contribution >= 0.6 is 0 Å². The van der Waals surface area contributed by atoms with Crippen LogP contribution in [0.4, 0.5) is 18.0 Å². The van der Waals surface area contributed by atoms with Crippen LogP contribution < -0.4 is 9.50 Å². The van der Waals surface area contributed by atoms with Crippen molar-refractivity contribution in [2.75, 3.05) is 6.61 Å². The van der Waals surface area contributed by atoms with Gasteiger partial charge in [0.2, 0.25) is 0 Å². The molecule has 1 aromatic carbocycles. The quantitative estimate of drug-likeness (QED) is 0.394. The monoisotopic (exact) mass is 441 g/mol. The molecule has 0 aliphatic rings. The van der Waals surface area contributed by atoms with Crippen LogP contribution in [0, 0.1) is 0 Å². The SMILES string of the molecule is CCOC(=O)C(Cc1cccc(OS(=O)(=O)C(F)(F)F)c1)NC(=O)OC(C)(C)C. The third-order valence-electron chi connectivity index (χ3n) is 3.09. The number of esters is 1. The largest absolute Gasteiger partial charge is 0.534 e. The second-order valence-electron chi connectivity index (χ2n) is 6.79. The molecular formula is C17H22F3NO7S. The molecule has 0 heterocycles. The van der Waals surface area contributed by atoms with Crippen LogP contribution in [-0.2, 0) is 30.8 Å². The number of rotatable bonds is 7. The van der Waals surface area contributed by atoms with Gasteiger partial charge in [-0.05, 0) is 45.4 Å². The summed E-state index contributed by atoms with van der Waals surface area (Å²) in [5.41, 5.74) is -6.20. The molecular weight excluding hydrogens is 419 g/mol. The van der Waals surface area contributed by atoms with E-state index < -0.39 is 45.1 Å². The summed E-state index contributed by atoms with van der Waals surface area (Å²) < 4.78 is 73.7. The molecule has 0 fully saturated rings. The van der Waals surface area contributed by atoms with Gasteiger partial charge in [-0.25, -0.2) is 9.59 Å². The van der Waals surface area contributed by atoms with Gasteiger partial charge in [-0.15, -0.1) is 0 Å². The van der Waals surface area contributed by atoms with Crippen molar-refractivity contribution in [1.29, 1.82) is 0 Å². The number of ether oxygens (including phenoxy) is 2. The molecule has 0 radical (unpaired) electrons. The van der Waals surface area contributed by atoms with Gasteiger partial charge in [-0.3, -0.25) is 0 Å². The minimum absolute atomic E-state index is 0.0261. The third-order valence-corrected chi connectivity index (χ3v) is 4.07. The maximum Gasteiger partial charge on any atom is 0.534 e. The normalized spacial score (nSPS) is 13.3. The Morgan fingerprint density at radius 3 is 2.31 bits per heavy atom. The van der Waals surface area contributed by atoms with Gasteiger partial charge in [0.15, 0.2) is 0 Å². The number of carbonyl (C=O) groups excluding carboxylic acids is 2. The lowest BCUT2D eigenvalue weighted by Crippen LogP contribution is -2.45. The number of hydrogen-bond donors (Lipinski definition) is 1. The summed E-state index contributed by atoms with van der Waals surface area (Å²) in [5.74, 6) is -1.40. The van der Waals surface area contributed by atoms with Crippen molar-refractivity contribution >= 4 is 22.2 Å². The van der Waals surface area contributed by atoms with E-state index in [4.69, 9.17) is 9.47 Å². The highest BCUT2D eigenvalue weighted by atomic mass is 32.2. The fraction of sp³-hybridized carbons (Fsp3) is 0.529. The summed E-state index contributed by atoms with van der Waals surface area (Å²) in [6, 6.07) is 3.45. The molecule has 1 unspecified atom stereocenters. The van der Waals surface area contributed by atoms with Gasteiger partial charge < -0.3 is 19.0 Å². The number of alkyl halides is 3. The van der Waals surface area contributed by atoms with Crippen molar-refractivity contribution in [1.82, 2.24) is 5.32 Å². The molecule has 0 saturated heterocycles. The lowest BCUT2D eigenvalue weighted by atomic mass is 10.1. The summed E-state index contributed by atoms with van der Waals surface area (Å²) in [6.45, 7) is 6.44. The first-order valence-corrected chi connectivity index (χ1v) is 9.81. The standard InChI is InChI=1S/C17H22F3NO7S/c1-5-26-14(22)13(21-15(23)27-16(2,3)4)10-11-7-6-8-12(9-11)28-29(24,25)17(18,19)20/h6-9,13H,5,10H2,1-4H3,(H,21,23). The minimum Gasteiger partial charge on any atom is -0.464 e. The Balaban J connectivity index is 3.02. The topological polar surface area (TPSA) is 108 Å². The van der Waals surface area contributed by atoms with Crippen molar-refractivity contribution < 1.29 is 44.8 Å². The van der Waals surface area contributed by atoms with Gasteiger partial charge in [-0.2, -0.15) is 21.6 Å². The van der Waals surface area contributed by atoms with E-state index >= 15 is 0 Å². The summed E-state index contributed by atoms with van der Waals surface area (Å²) >= 11 is 0. The Morgan fingerprint density at radius 1 is 1.17 bits per heavy atom. The molecule has 12 heteroatoms. The predicted octanol–water partition coefficient (Wildman–Crippen LogP) is 2.91. The van der Waals surface area contributed by atoms with Crippen molar-refractivity contribution in [3.63, 3.8) is 0 Å². The first-order chi connectivity index (χ1) is 13.1. The molecule has 0 aromatic heterocycles. The van der Waals surface area contributed by atoms with E-state index in [1.54, 1.807) is 27.7 Å². The molecule has 0 spiro atoms. The molecule has 0 aliphatic carbocycles. The van der Waals surface area contributed by atoms with Crippen LogP contribution in [0.1, 0.15) is 33.3 Å². The maximum absolute atomic E-state index is 12.5. The molecule has 0 aliphatic heterocycles. The Morgan fingerprint density at radius 2 is 1.79 bits per heavy atom. The number of nitrogens with one attached hydrogen (secondary N) is 1. The second kappa shape index (κ2) is 9.33. The Labute approximate surface area is 166 Å². The Hall–Kier alpha value is -2.50. The first kappa shape index (κ1) is 24.5. The van der Waals surface area contributed by atoms with E-state index in [-0.39, 0.29) is 18.6 Å². The zero-order chi connectivity index (χ0) is 22.5. The van der Waals surface area contributed by atoms with Crippen molar-refractivity contribution in [2.45, 2.75) is 51.3 Å². The minimum atomic E-state index is -5.84. The maximum atomic E-state index is 12.5. The summed E-state index contributed by atoms with van der Waals surface area (Å²) in [6.07, 6.45) is -1.11. The first-order valence-electron chi connectivity index (χ1n) is 8.40. The molecule has 1 atom stereocenters. The van der Waals surface area contributed by atoms with E-state index in [9.17, 15) is 31.2 Å². The van der Waals surface area contributed by atoms with Crippen LogP contribution in [0.5, 0.6) is 5.75 Å². The van der Waals surface area contributed by atoms with Gasteiger partial charge in [0, 0.05) is 6.42 Å². The second-order valence-corrected chi connectivity index (χ2v) is 8.32. The molecule has 8 nitrogen and oxygen atoms in total. The van der Waals surface area contributed by atoms with E-state index in [0.29, 0.717) is 0 Å². The fourth-order valence-electron chi connectivity index (χ4n) is 2.02. The fourth-order valence-corrected chi connectivity index (χ4v) is 2.47. The lowest BCUT2D eigenvalue weighted by molar-refractivity contribution is -0.145. The summed E-state index contributed by atoms with van der Waals surface area (Å²) in [4.78, 5) is 24.1. The van der Waals surface area contributed by atoms with E-state index in [0.717, 1.165) is 12.1 Å². The third kappa shape index (κ3) is 8.18. The predicted molar refractivity (Wildman–Crippen MR) is 95.5 cm³/mol. The van der Waals surface area contributed by atoms with Gasteiger partial charge in [0.05, 0.1) is 6.61 Å². The number of carbonyl (C=O) groups is 2. The Bertz CT molecular complexity index is 832. The average molecular weight is 441 g/mol. The Kier molecular flexibility index (Phi) is 7.90. The molecule has 1 N–H and O–H groups in total. The molecule has 0 saturated carbocycles. The summed E-state index contributed by atoms with van der Waals surface area (Å²) in [7, 11) is -5.84. The zero-order valence-corrected chi connectivity index (χ0v) is 17.0. The van der Waals surface area contributed by atoms with E-state index in [1.807, 2.05) is 0 Å². The highest BCUT2D eigenvalue weighted by molar-refractivity contribution is 7.88. The highest BCUT2D eigenvalue weighted by Gasteiger charge is 2.48. The molecule has 1 aromatic rings. The van der Waals surface area contributed by atoms with Crippen LogP contribution in [0.25, 0.3) is 0 Å². The number of benzene rings is 1. The van der Waals surface area contributed by atoms with E-state index in [1.165, 1.54) is 12.1 Å². The highest BCUT2D eigenvalue weighted by Crippen LogP contribution is 2.27. The van der Waals surface area contributed by atoms with E-state index in [2.05, 4.69) is 9.50 Å². The van der Waals surface area contributed by atoms with Gasteiger partial charge in [-0.1, -0.05) is 12.1 Å². The molecule has 164 valence electrons. The zero-order valence-electron chi connectivity index (χ0n) is 16.2. The van der Waals surface area contributed by atoms with Gasteiger partial charge in [0.25, 0.3) is 0 Å². The molecule has 0 bridgehead atoms. The van der Waals surface area contributed by atoms with Crippen molar-refractivity contribution in [2.24, 2.45) is 0 Å². The number of hydrogen-bond acceptors (Lipinski definition) is 7. The summed E-state index contributed by atoms with van der Waals surface area (Å²) in [5, 5.41) is 2.32. The van der Waals surface area contributed by atoms with Crippen molar-refractivity contribution in [3.05, 3.63) is 29.8 Å². The van der Waals surface area contributed by atoms with Crippen LogP contribution in [0.15, 0.2) is 24.3 Å². The molecule has 1 rings (SSSR count). The molecule has 1 amide bonds. The van der Waals surface area contributed by atoms with Gasteiger partial charge >= 0.3 is 27.7 Å². The molecule has 29 heavy (non-hydrogen) atoms. The lowest BCUT2D eigenvalue weighted by Gasteiger charge is -2.23. The van der Waals surface area contributed by atoms with Gasteiger partial charge in [0.1, 0.15) is 17.4 Å². The van der Waals surface area contributed by atoms with Crippen LogP contribution in [0.3, 0.4) is 0 Å². The number of amides is 1. The number of alkyl carbamates (subject to hydrolysis) is 1. The van der Waals surface area contributed by atoms with Crippen LogP contribution in [0.2, 0.25) is 0 Å². The van der Waals surface area contributed by atoms with Crippen molar-refractivity contribution in [3.8, 4) is 5.75 Å². The number of halogens is 3. The smallest absolute Gasteiger partial charge is 0.464 e.